The van der Waals surface area contributed by atoms with Crippen LogP contribution in [0.4, 0.5) is 11.4 Å². The van der Waals surface area contributed by atoms with Gasteiger partial charge >= 0.3 is 0 Å². The topological polar surface area (TPSA) is 23.6 Å². The summed E-state index contributed by atoms with van der Waals surface area (Å²) in [6, 6.07) is 13.3. The smallest absolute Gasteiger partial charge is 0.171 e. The molecule has 1 aliphatic rings. The molecule has 0 radical (unpaired) electrons. The van der Waals surface area contributed by atoms with E-state index < -0.39 is 7.91 Å². The third-order valence-electron chi connectivity index (χ3n) is 6.01. The van der Waals surface area contributed by atoms with Crippen molar-refractivity contribution in [3.05, 3.63) is 71.1 Å². The van der Waals surface area contributed by atoms with Crippen LogP contribution in [0.15, 0.2) is 48.8 Å². The van der Waals surface area contributed by atoms with Crippen molar-refractivity contribution < 1.29 is 4.79 Å². The number of anilines is 2. The second kappa shape index (κ2) is 10.4. The summed E-state index contributed by atoms with van der Waals surface area (Å²) >= 11 is 0. The summed E-state index contributed by atoms with van der Waals surface area (Å²) < 4.78 is 4.74. The first-order chi connectivity index (χ1) is 15.2. The van der Waals surface area contributed by atoms with Crippen molar-refractivity contribution >= 4 is 32.8 Å². The lowest BCUT2D eigenvalue weighted by Crippen LogP contribution is -2.17. The molecule has 0 spiro atoms. The fourth-order valence-corrected chi connectivity index (χ4v) is 7.71. The molecule has 0 saturated carbocycles. The number of hydrogen-bond acceptors (Lipinski definition) is 3. The first-order valence-corrected chi connectivity index (χ1v) is 14.4. The Morgan fingerprint density at radius 3 is 1.22 bits per heavy atom. The van der Waals surface area contributed by atoms with Crippen LogP contribution in [0.2, 0.25) is 0 Å². The monoisotopic (exact) mass is 466 g/mol. The molecule has 0 fully saturated rings. The van der Waals surface area contributed by atoms with Crippen LogP contribution in [0, 0.1) is 0 Å². The van der Waals surface area contributed by atoms with Crippen LogP contribution in [0.1, 0.15) is 101 Å². The lowest BCUT2D eigenvalue weighted by atomic mass is 9.92. The minimum absolute atomic E-state index is 0.397. The minimum Gasteiger partial charge on any atom is -0.300 e. The van der Waals surface area contributed by atoms with Crippen LogP contribution in [0.5, 0.6) is 0 Å². The molecular weight excluding hydrogens is 430 g/mol. The van der Waals surface area contributed by atoms with Crippen molar-refractivity contribution in [3.63, 3.8) is 0 Å². The van der Waals surface area contributed by atoms with Gasteiger partial charge in [-0.3, -0.25) is 9.34 Å². The lowest BCUT2D eigenvalue weighted by molar-refractivity contribution is 0.572. The summed E-state index contributed by atoms with van der Waals surface area (Å²) in [6.45, 7) is 18.0. The zero-order chi connectivity index (χ0) is 23.6. The standard InChI is InChI=1S/C27H36N2OP2/c1-18(2)22-11-9-12-23(19(3)4)26(22)28-15-16-29(32(28)31-17-30)27-24(20(5)6)13-10-14-25(27)21(7)8/h9-16,18-21H,1-8H3. The molecule has 0 N–H and O–H groups in total. The SMILES string of the molecule is CC(C)c1cccc(C(C)C)c1N1C=CN(c2c(C(C)C)cccc2C(C)C)P1P=C=O. The fourth-order valence-electron chi connectivity index (χ4n) is 4.36. The fraction of sp³-hybridized carbons (Fsp3) is 0.444. The van der Waals surface area contributed by atoms with E-state index in [-0.39, 0.29) is 0 Å². The van der Waals surface area contributed by atoms with Gasteiger partial charge in [0, 0.05) is 12.4 Å². The van der Waals surface area contributed by atoms with Gasteiger partial charge in [0.05, 0.1) is 19.3 Å². The van der Waals surface area contributed by atoms with Crippen molar-refractivity contribution in [1.29, 1.82) is 0 Å². The molecular formula is C27H36N2OP2. The molecule has 170 valence electrons. The Balaban J connectivity index is 2.23. The van der Waals surface area contributed by atoms with E-state index in [1.165, 1.54) is 33.6 Å². The van der Waals surface area contributed by atoms with Gasteiger partial charge in [0.2, 0.25) is 0 Å². The van der Waals surface area contributed by atoms with E-state index in [9.17, 15) is 4.79 Å². The van der Waals surface area contributed by atoms with Crippen LogP contribution in [0.3, 0.4) is 0 Å². The molecule has 5 heteroatoms. The summed E-state index contributed by atoms with van der Waals surface area (Å²) in [5, 5.41) is 0. The van der Waals surface area contributed by atoms with Gasteiger partial charge in [0.25, 0.3) is 0 Å². The van der Waals surface area contributed by atoms with Gasteiger partial charge in [-0.15, -0.1) is 0 Å². The van der Waals surface area contributed by atoms with Crippen molar-refractivity contribution in [2.45, 2.75) is 79.1 Å². The highest BCUT2D eigenvalue weighted by Gasteiger charge is 2.34. The molecule has 2 aromatic rings. The molecule has 0 unspecified atom stereocenters. The molecule has 0 aromatic heterocycles. The van der Waals surface area contributed by atoms with Gasteiger partial charge < -0.3 is 0 Å². The summed E-state index contributed by atoms with van der Waals surface area (Å²) in [4.78, 5) is 11.8. The normalized spacial score (nSPS) is 14.6. The van der Waals surface area contributed by atoms with Crippen LogP contribution in [-0.4, -0.2) is 5.66 Å². The van der Waals surface area contributed by atoms with Crippen LogP contribution in [0.25, 0.3) is 0 Å². The van der Waals surface area contributed by atoms with E-state index >= 15 is 0 Å². The minimum atomic E-state index is -0.984. The zero-order valence-corrected chi connectivity index (χ0v) is 22.4. The molecule has 0 bridgehead atoms. The third kappa shape index (κ3) is 4.72. The van der Waals surface area contributed by atoms with Gasteiger partial charge in [0.15, 0.2) is 13.6 Å². The lowest BCUT2D eigenvalue weighted by Gasteiger charge is -2.34. The highest BCUT2D eigenvalue weighted by molar-refractivity contribution is 8.21. The van der Waals surface area contributed by atoms with E-state index in [0.29, 0.717) is 31.6 Å². The van der Waals surface area contributed by atoms with Gasteiger partial charge in [-0.1, -0.05) is 91.8 Å². The summed E-state index contributed by atoms with van der Waals surface area (Å²) in [6.07, 6.45) is 4.37. The molecule has 32 heavy (non-hydrogen) atoms. The quantitative estimate of drug-likeness (QED) is 0.380. The van der Waals surface area contributed by atoms with Gasteiger partial charge in [0.1, 0.15) is 0 Å². The highest BCUT2D eigenvalue weighted by atomic mass is 32.0. The summed E-state index contributed by atoms with van der Waals surface area (Å²) in [7, 11) is -0.303. The van der Waals surface area contributed by atoms with Crippen molar-refractivity contribution in [2.24, 2.45) is 0 Å². The van der Waals surface area contributed by atoms with E-state index in [2.05, 4.69) is 119 Å². The van der Waals surface area contributed by atoms with Crippen molar-refractivity contribution in [2.75, 3.05) is 9.34 Å². The Bertz CT molecular complexity index is 910. The van der Waals surface area contributed by atoms with Crippen LogP contribution in [-0.2, 0) is 4.79 Å². The molecule has 0 atom stereocenters. The average Bonchev–Trinajstić information content (AvgIpc) is 3.15. The maximum Gasteiger partial charge on any atom is 0.171 e. The van der Waals surface area contributed by atoms with Crippen LogP contribution < -0.4 is 9.34 Å². The molecule has 0 amide bonds. The van der Waals surface area contributed by atoms with E-state index in [4.69, 9.17) is 0 Å². The Kier molecular flexibility index (Phi) is 8.00. The predicted molar refractivity (Wildman–Crippen MR) is 143 cm³/mol. The molecule has 3 rings (SSSR count). The first kappa shape index (κ1) is 24.7. The third-order valence-corrected chi connectivity index (χ3v) is 9.64. The summed E-state index contributed by atoms with van der Waals surface area (Å²) in [5.41, 5.74) is 10.1. The number of hydrogen-bond donors (Lipinski definition) is 0. The molecule has 0 aliphatic carbocycles. The number of benzene rings is 2. The molecule has 3 nitrogen and oxygen atoms in total. The van der Waals surface area contributed by atoms with E-state index in [1.54, 1.807) is 0 Å². The maximum absolute atomic E-state index is 11.8. The van der Waals surface area contributed by atoms with Gasteiger partial charge in [-0.25, -0.2) is 4.79 Å². The van der Waals surface area contributed by atoms with E-state index in [0.717, 1.165) is 0 Å². The number of para-hydroxylation sites is 2. The average molecular weight is 467 g/mol. The van der Waals surface area contributed by atoms with Crippen LogP contribution >= 0.6 is 15.8 Å². The second-order valence-electron chi connectivity index (χ2n) is 9.64. The number of nitrogens with zero attached hydrogens (tertiary/aromatic N) is 2. The van der Waals surface area contributed by atoms with Gasteiger partial charge in [-0.05, 0) is 45.9 Å². The van der Waals surface area contributed by atoms with Crippen molar-refractivity contribution in [1.82, 2.24) is 0 Å². The highest BCUT2D eigenvalue weighted by Crippen LogP contribution is 2.64. The maximum atomic E-state index is 11.8. The Morgan fingerprint density at radius 1 is 0.656 bits per heavy atom. The largest absolute Gasteiger partial charge is 0.300 e. The molecule has 2 aromatic carbocycles. The first-order valence-electron chi connectivity index (χ1n) is 11.6. The number of carbonyl (C=O) groups excluding carboxylic acids is 1. The van der Waals surface area contributed by atoms with E-state index in [1.807, 2.05) is 0 Å². The number of rotatable bonds is 7. The predicted octanol–water partition coefficient (Wildman–Crippen LogP) is 9.22. The molecule has 1 heterocycles. The second-order valence-corrected chi connectivity index (χ2v) is 13.1. The Labute approximate surface area is 197 Å². The van der Waals surface area contributed by atoms with Gasteiger partial charge in [-0.2, -0.15) is 0 Å². The Morgan fingerprint density at radius 2 is 0.969 bits per heavy atom. The molecule has 1 aliphatic heterocycles. The summed E-state index contributed by atoms with van der Waals surface area (Å²) in [5.74, 6) is 1.59. The zero-order valence-electron chi connectivity index (χ0n) is 20.6. The Hall–Kier alpha value is -1.91. The van der Waals surface area contributed by atoms with Crippen molar-refractivity contribution in [3.8, 4) is 0 Å². The molecule has 0 saturated heterocycles.